The molecule has 0 bridgehead atoms. The zero-order valence-electron chi connectivity index (χ0n) is 14.2. The second-order valence-corrected chi connectivity index (χ2v) is 6.22. The summed E-state index contributed by atoms with van der Waals surface area (Å²) in [6.07, 6.45) is 3.63. The number of nitrogens with zero attached hydrogens (tertiary/aromatic N) is 3. The molecule has 6 nitrogen and oxygen atoms in total. The van der Waals surface area contributed by atoms with Crippen LogP contribution in [0, 0.1) is 11.7 Å². The van der Waals surface area contributed by atoms with E-state index in [1.54, 1.807) is 41.2 Å². The van der Waals surface area contributed by atoms with Crippen LogP contribution in [0.3, 0.4) is 0 Å². The van der Waals surface area contributed by atoms with Crippen molar-refractivity contribution in [3.63, 3.8) is 0 Å². The van der Waals surface area contributed by atoms with Crippen molar-refractivity contribution in [1.82, 2.24) is 20.0 Å². The SMILES string of the molecule is C=C(F)C(=O)NC[C@H]1CC(=O)N(C)[C@@H]1c1cnn(-c2ccc(F)cc2)c1. The Morgan fingerprint density at radius 3 is 2.73 bits per heavy atom. The number of nitrogens with one attached hydrogen (secondary N) is 1. The van der Waals surface area contributed by atoms with E-state index < -0.39 is 11.7 Å². The lowest BCUT2D eigenvalue weighted by Crippen LogP contribution is -2.32. The largest absolute Gasteiger partial charge is 0.350 e. The summed E-state index contributed by atoms with van der Waals surface area (Å²) in [4.78, 5) is 25.1. The lowest BCUT2D eigenvalue weighted by atomic mass is 9.95. The Morgan fingerprint density at radius 2 is 2.08 bits per heavy atom. The number of carbonyl (C=O) groups excluding carboxylic acids is 2. The minimum atomic E-state index is -1.07. The standard InChI is InChI=1S/C18H18F2N4O2/c1-11(19)18(26)21-8-12-7-16(25)23(2)17(12)13-9-22-24(10-13)15-5-3-14(20)4-6-15/h3-6,9-10,12,17H,1,7-8H2,2H3,(H,21,26)/t12-,17+/m1/s1. The van der Waals surface area contributed by atoms with Crippen molar-refractivity contribution in [3.05, 3.63) is 60.4 Å². The van der Waals surface area contributed by atoms with Gasteiger partial charge >= 0.3 is 0 Å². The topological polar surface area (TPSA) is 67.2 Å². The lowest BCUT2D eigenvalue weighted by Gasteiger charge is -2.24. The molecule has 1 saturated heterocycles. The Labute approximate surface area is 149 Å². The summed E-state index contributed by atoms with van der Waals surface area (Å²) in [5, 5.41) is 6.72. The second kappa shape index (κ2) is 7.07. The molecule has 0 spiro atoms. The summed E-state index contributed by atoms with van der Waals surface area (Å²) in [6.45, 7) is 3.10. The zero-order chi connectivity index (χ0) is 18.8. The van der Waals surface area contributed by atoms with Crippen LogP contribution in [-0.4, -0.2) is 40.1 Å². The minimum Gasteiger partial charge on any atom is -0.350 e. The van der Waals surface area contributed by atoms with Gasteiger partial charge in [0.05, 0.1) is 17.9 Å². The first-order chi connectivity index (χ1) is 12.4. The molecular formula is C18H18F2N4O2. The molecule has 8 heteroatoms. The van der Waals surface area contributed by atoms with Crippen LogP contribution in [-0.2, 0) is 9.59 Å². The number of halogens is 2. The zero-order valence-corrected chi connectivity index (χ0v) is 14.2. The molecule has 1 aliphatic heterocycles. The summed E-state index contributed by atoms with van der Waals surface area (Å²) >= 11 is 0. The Bertz CT molecular complexity index is 847. The number of benzene rings is 1. The highest BCUT2D eigenvalue weighted by atomic mass is 19.1. The molecule has 0 aliphatic carbocycles. The van der Waals surface area contributed by atoms with Crippen LogP contribution in [0.1, 0.15) is 18.0 Å². The fourth-order valence-electron chi connectivity index (χ4n) is 3.18. The van der Waals surface area contributed by atoms with Gasteiger partial charge < -0.3 is 10.2 Å². The van der Waals surface area contributed by atoms with Gasteiger partial charge in [0.2, 0.25) is 5.91 Å². The fourth-order valence-corrected chi connectivity index (χ4v) is 3.18. The van der Waals surface area contributed by atoms with E-state index >= 15 is 0 Å². The average molecular weight is 360 g/mol. The number of amides is 2. The van der Waals surface area contributed by atoms with Crippen molar-refractivity contribution in [3.8, 4) is 5.69 Å². The molecule has 1 fully saturated rings. The van der Waals surface area contributed by atoms with Crippen LogP contribution in [0.4, 0.5) is 8.78 Å². The van der Waals surface area contributed by atoms with Gasteiger partial charge in [-0.15, -0.1) is 0 Å². The summed E-state index contributed by atoms with van der Waals surface area (Å²) in [5.74, 6) is -2.58. The van der Waals surface area contributed by atoms with E-state index in [1.807, 2.05) is 0 Å². The van der Waals surface area contributed by atoms with Crippen LogP contribution in [0.15, 0.2) is 49.1 Å². The highest BCUT2D eigenvalue weighted by Gasteiger charge is 2.39. The van der Waals surface area contributed by atoms with Gasteiger partial charge in [0.25, 0.3) is 5.91 Å². The Kier molecular flexibility index (Phi) is 4.83. The molecule has 1 N–H and O–H groups in total. The van der Waals surface area contributed by atoms with Gasteiger partial charge in [-0.3, -0.25) is 9.59 Å². The Hall–Kier alpha value is -3.03. The number of hydrogen-bond donors (Lipinski definition) is 1. The average Bonchev–Trinajstić information content (AvgIpc) is 3.18. The van der Waals surface area contributed by atoms with Crippen molar-refractivity contribution in [1.29, 1.82) is 0 Å². The van der Waals surface area contributed by atoms with Gasteiger partial charge in [-0.1, -0.05) is 6.58 Å². The van der Waals surface area contributed by atoms with Crippen LogP contribution in [0.25, 0.3) is 5.69 Å². The molecule has 2 heterocycles. The van der Waals surface area contributed by atoms with Crippen LogP contribution in [0.2, 0.25) is 0 Å². The molecule has 1 aliphatic rings. The van der Waals surface area contributed by atoms with Gasteiger partial charge in [0, 0.05) is 37.7 Å². The third kappa shape index (κ3) is 3.49. The van der Waals surface area contributed by atoms with Crippen molar-refractivity contribution >= 4 is 11.8 Å². The molecule has 2 aromatic rings. The van der Waals surface area contributed by atoms with Crippen molar-refractivity contribution in [2.24, 2.45) is 5.92 Å². The third-order valence-corrected chi connectivity index (χ3v) is 4.50. The first-order valence-corrected chi connectivity index (χ1v) is 8.05. The first-order valence-electron chi connectivity index (χ1n) is 8.05. The second-order valence-electron chi connectivity index (χ2n) is 6.22. The van der Waals surface area contributed by atoms with E-state index in [-0.39, 0.29) is 36.6 Å². The van der Waals surface area contributed by atoms with E-state index in [1.165, 1.54) is 12.1 Å². The van der Waals surface area contributed by atoms with Gasteiger partial charge in [-0.2, -0.15) is 5.10 Å². The molecule has 2 atom stereocenters. The minimum absolute atomic E-state index is 0.0668. The smallest absolute Gasteiger partial charge is 0.279 e. The van der Waals surface area contributed by atoms with E-state index in [9.17, 15) is 18.4 Å². The molecule has 136 valence electrons. The molecule has 0 radical (unpaired) electrons. The number of likely N-dealkylation sites (tertiary alicyclic amines) is 1. The van der Waals surface area contributed by atoms with Crippen molar-refractivity contribution < 1.29 is 18.4 Å². The van der Waals surface area contributed by atoms with E-state index in [4.69, 9.17) is 0 Å². The quantitative estimate of drug-likeness (QED) is 0.831. The van der Waals surface area contributed by atoms with Crippen LogP contribution < -0.4 is 5.32 Å². The van der Waals surface area contributed by atoms with E-state index in [0.717, 1.165) is 5.56 Å². The number of aromatic nitrogens is 2. The molecule has 0 unspecified atom stereocenters. The number of hydrogen-bond acceptors (Lipinski definition) is 3. The van der Waals surface area contributed by atoms with Crippen LogP contribution in [0.5, 0.6) is 0 Å². The number of rotatable bonds is 5. The van der Waals surface area contributed by atoms with E-state index in [0.29, 0.717) is 5.69 Å². The summed E-state index contributed by atoms with van der Waals surface area (Å²) < 4.78 is 27.5. The predicted molar refractivity (Wildman–Crippen MR) is 90.4 cm³/mol. The molecule has 0 saturated carbocycles. The van der Waals surface area contributed by atoms with Gasteiger partial charge in [0.1, 0.15) is 5.82 Å². The maximum Gasteiger partial charge on any atom is 0.279 e. The number of carbonyl (C=O) groups is 2. The van der Waals surface area contributed by atoms with Gasteiger partial charge in [-0.05, 0) is 24.3 Å². The van der Waals surface area contributed by atoms with Gasteiger partial charge in [0.15, 0.2) is 5.83 Å². The molecule has 2 amide bonds. The maximum absolute atomic E-state index is 13.1. The van der Waals surface area contributed by atoms with Crippen molar-refractivity contribution in [2.75, 3.05) is 13.6 Å². The molecule has 3 rings (SSSR count). The maximum atomic E-state index is 13.1. The molecule has 26 heavy (non-hydrogen) atoms. The normalized spacial score (nSPS) is 19.7. The lowest BCUT2D eigenvalue weighted by molar-refractivity contribution is -0.127. The molecule has 1 aromatic carbocycles. The Morgan fingerprint density at radius 1 is 1.38 bits per heavy atom. The summed E-state index contributed by atoms with van der Waals surface area (Å²) in [5.41, 5.74) is 1.46. The summed E-state index contributed by atoms with van der Waals surface area (Å²) in [6, 6.07) is 5.57. The highest BCUT2D eigenvalue weighted by molar-refractivity contribution is 5.90. The fraction of sp³-hybridized carbons (Fsp3) is 0.278. The molecular weight excluding hydrogens is 342 g/mol. The van der Waals surface area contributed by atoms with Gasteiger partial charge in [-0.25, -0.2) is 13.5 Å². The summed E-state index contributed by atoms with van der Waals surface area (Å²) in [7, 11) is 1.68. The predicted octanol–water partition coefficient (Wildman–Crippen LogP) is 2.13. The third-order valence-electron chi connectivity index (χ3n) is 4.50. The van der Waals surface area contributed by atoms with E-state index in [2.05, 4.69) is 17.0 Å². The van der Waals surface area contributed by atoms with Crippen LogP contribution >= 0.6 is 0 Å². The molecule has 1 aromatic heterocycles. The highest BCUT2D eigenvalue weighted by Crippen LogP contribution is 2.36. The van der Waals surface area contributed by atoms with Crippen molar-refractivity contribution in [2.45, 2.75) is 12.5 Å². The monoisotopic (exact) mass is 360 g/mol. The Balaban J connectivity index is 1.81. The first kappa shape index (κ1) is 17.8.